The van der Waals surface area contributed by atoms with Crippen molar-refractivity contribution in [3.8, 4) is 11.5 Å². The molecule has 0 radical (unpaired) electrons. The van der Waals surface area contributed by atoms with E-state index < -0.39 is 0 Å². The third kappa shape index (κ3) is 4.18. The fourth-order valence-electron chi connectivity index (χ4n) is 3.42. The number of rotatable bonds is 8. The van der Waals surface area contributed by atoms with Crippen molar-refractivity contribution in [2.45, 2.75) is 13.1 Å². The first-order valence-electron chi connectivity index (χ1n) is 9.19. The number of para-hydroxylation sites is 1. The van der Waals surface area contributed by atoms with Crippen molar-refractivity contribution in [1.29, 1.82) is 0 Å². The molecule has 3 rings (SSSR count). The molecule has 1 N–H and O–H groups in total. The monoisotopic (exact) mass is 382 g/mol. The van der Waals surface area contributed by atoms with Crippen LogP contribution in [0.5, 0.6) is 11.5 Å². The number of pyridine rings is 1. The van der Waals surface area contributed by atoms with E-state index >= 15 is 0 Å². The fourth-order valence-corrected chi connectivity index (χ4v) is 3.42. The summed E-state index contributed by atoms with van der Waals surface area (Å²) < 4.78 is 12.4. The van der Waals surface area contributed by atoms with E-state index in [-0.39, 0.29) is 12.2 Å². The number of aromatic nitrogens is 1. The normalized spacial score (nSPS) is 11.2. The van der Waals surface area contributed by atoms with Crippen LogP contribution in [0, 0.1) is 0 Å². The number of benzene rings is 2. The predicted molar refractivity (Wildman–Crippen MR) is 110 cm³/mol. The highest BCUT2D eigenvalue weighted by Gasteiger charge is 2.14. The quantitative estimate of drug-likeness (QED) is 0.649. The summed E-state index contributed by atoms with van der Waals surface area (Å²) in [4.78, 5) is 14.9. The molecule has 0 aliphatic rings. The summed E-state index contributed by atoms with van der Waals surface area (Å²) in [5.74, 6) is 1.44. The lowest BCUT2D eigenvalue weighted by atomic mass is 10.1. The molecule has 0 aliphatic carbocycles. The van der Waals surface area contributed by atoms with Crippen molar-refractivity contribution in [1.82, 2.24) is 9.47 Å². The Balaban J connectivity index is 1.91. The Morgan fingerprint density at radius 3 is 2.46 bits per heavy atom. The molecule has 148 valence electrons. The van der Waals surface area contributed by atoms with Gasteiger partial charge in [-0.2, -0.15) is 0 Å². The van der Waals surface area contributed by atoms with Crippen LogP contribution in [0.25, 0.3) is 10.9 Å². The van der Waals surface area contributed by atoms with Gasteiger partial charge in [-0.25, -0.2) is 0 Å². The van der Waals surface area contributed by atoms with Crippen LogP contribution in [0.4, 0.5) is 0 Å². The van der Waals surface area contributed by atoms with Gasteiger partial charge in [0.05, 0.1) is 26.3 Å². The van der Waals surface area contributed by atoms with Gasteiger partial charge < -0.3 is 19.1 Å². The first-order chi connectivity index (χ1) is 13.6. The van der Waals surface area contributed by atoms with E-state index in [1.165, 1.54) is 0 Å². The number of nitrogens with zero attached hydrogens (tertiary/aromatic N) is 2. The van der Waals surface area contributed by atoms with Crippen molar-refractivity contribution in [3.05, 3.63) is 70.0 Å². The first kappa shape index (κ1) is 19.9. The third-order valence-corrected chi connectivity index (χ3v) is 4.91. The summed E-state index contributed by atoms with van der Waals surface area (Å²) in [5, 5.41) is 10.5. The van der Waals surface area contributed by atoms with E-state index in [1.54, 1.807) is 25.8 Å². The van der Waals surface area contributed by atoms with Gasteiger partial charge in [0.1, 0.15) is 11.5 Å². The van der Waals surface area contributed by atoms with E-state index in [9.17, 15) is 9.90 Å². The average Bonchev–Trinajstić information content (AvgIpc) is 2.72. The minimum Gasteiger partial charge on any atom is -0.497 e. The molecule has 6 nitrogen and oxygen atoms in total. The topological polar surface area (TPSA) is 63.9 Å². The maximum absolute atomic E-state index is 12.8. The maximum Gasteiger partial charge on any atom is 0.255 e. The molecular weight excluding hydrogens is 356 g/mol. The predicted octanol–water partition coefficient (Wildman–Crippen LogP) is 2.55. The summed E-state index contributed by atoms with van der Waals surface area (Å²) in [6.07, 6.45) is 0. The molecular formula is C22H26N2O4. The molecule has 0 fully saturated rings. The highest BCUT2D eigenvalue weighted by atomic mass is 16.5. The Labute approximate surface area is 164 Å². The van der Waals surface area contributed by atoms with E-state index in [2.05, 4.69) is 0 Å². The molecule has 3 aromatic rings. The molecule has 0 unspecified atom stereocenters. The molecule has 28 heavy (non-hydrogen) atoms. The van der Waals surface area contributed by atoms with Crippen LogP contribution < -0.4 is 15.0 Å². The Morgan fingerprint density at radius 1 is 1.00 bits per heavy atom. The Hall–Kier alpha value is -2.83. The number of aryl methyl sites for hydroxylation is 1. The highest BCUT2D eigenvalue weighted by Crippen LogP contribution is 2.26. The van der Waals surface area contributed by atoms with Crippen molar-refractivity contribution >= 4 is 10.9 Å². The van der Waals surface area contributed by atoms with Crippen molar-refractivity contribution in [2.24, 2.45) is 7.05 Å². The van der Waals surface area contributed by atoms with Gasteiger partial charge in [-0.3, -0.25) is 9.69 Å². The SMILES string of the molecule is COc1ccc(CN(CCO)Cc2cc3ccccc3n(C)c2=O)c(OC)c1. The minimum atomic E-state index is -0.0247. The lowest BCUT2D eigenvalue weighted by Gasteiger charge is -2.23. The van der Waals surface area contributed by atoms with Crippen LogP contribution in [0.3, 0.4) is 0 Å². The van der Waals surface area contributed by atoms with Gasteiger partial charge in [0.15, 0.2) is 0 Å². The van der Waals surface area contributed by atoms with Gasteiger partial charge in [-0.05, 0) is 23.6 Å². The number of hydrogen-bond donors (Lipinski definition) is 1. The van der Waals surface area contributed by atoms with Gasteiger partial charge >= 0.3 is 0 Å². The number of aliphatic hydroxyl groups is 1. The molecule has 0 spiro atoms. The minimum absolute atomic E-state index is 0.00632. The maximum atomic E-state index is 12.8. The number of aliphatic hydroxyl groups excluding tert-OH is 1. The number of hydrogen-bond acceptors (Lipinski definition) is 5. The van der Waals surface area contributed by atoms with Crippen LogP contribution in [0.1, 0.15) is 11.1 Å². The number of ether oxygens (including phenoxy) is 2. The lowest BCUT2D eigenvalue weighted by Crippen LogP contribution is -2.31. The molecule has 6 heteroatoms. The van der Waals surface area contributed by atoms with Gasteiger partial charge in [0.25, 0.3) is 5.56 Å². The van der Waals surface area contributed by atoms with Crippen LogP contribution >= 0.6 is 0 Å². The molecule has 0 atom stereocenters. The molecule has 0 bridgehead atoms. The van der Waals surface area contributed by atoms with Gasteiger partial charge in [-0.1, -0.05) is 24.3 Å². The van der Waals surface area contributed by atoms with Gasteiger partial charge in [0.2, 0.25) is 0 Å². The summed E-state index contributed by atoms with van der Waals surface area (Å²) in [5.41, 5.74) is 2.54. The Morgan fingerprint density at radius 2 is 1.75 bits per heavy atom. The summed E-state index contributed by atoms with van der Waals surface area (Å²) >= 11 is 0. The second-order valence-electron chi connectivity index (χ2n) is 6.70. The van der Waals surface area contributed by atoms with E-state index in [4.69, 9.17) is 9.47 Å². The second-order valence-corrected chi connectivity index (χ2v) is 6.70. The van der Waals surface area contributed by atoms with Crippen molar-refractivity contribution in [2.75, 3.05) is 27.4 Å². The first-order valence-corrected chi connectivity index (χ1v) is 9.19. The van der Waals surface area contributed by atoms with Crippen molar-refractivity contribution in [3.63, 3.8) is 0 Å². The van der Waals surface area contributed by atoms with Crippen LogP contribution in [0.15, 0.2) is 53.3 Å². The molecule has 0 aliphatic heterocycles. The fraction of sp³-hybridized carbons (Fsp3) is 0.318. The van der Waals surface area contributed by atoms with Gasteiger partial charge in [-0.15, -0.1) is 0 Å². The van der Waals surface area contributed by atoms with Gasteiger partial charge in [0, 0.05) is 43.9 Å². The Bertz CT molecular complexity index is 1010. The zero-order valence-electron chi connectivity index (χ0n) is 16.5. The number of fused-ring (bicyclic) bond motifs is 1. The summed E-state index contributed by atoms with van der Waals surface area (Å²) in [6.45, 7) is 1.44. The smallest absolute Gasteiger partial charge is 0.255 e. The zero-order valence-corrected chi connectivity index (χ0v) is 16.5. The highest BCUT2D eigenvalue weighted by molar-refractivity contribution is 5.79. The van der Waals surface area contributed by atoms with E-state index in [0.29, 0.717) is 30.9 Å². The average molecular weight is 382 g/mol. The van der Waals surface area contributed by atoms with Crippen LogP contribution in [0.2, 0.25) is 0 Å². The lowest BCUT2D eigenvalue weighted by molar-refractivity contribution is 0.182. The number of methoxy groups -OCH3 is 2. The molecule has 0 amide bonds. The molecule has 0 saturated carbocycles. The largest absolute Gasteiger partial charge is 0.497 e. The molecule has 0 saturated heterocycles. The molecule has 1 aromatic heterocycles. The van der Waals surface area contributed by atoms with Crippen LogP contribution in [-0.2, 0) is 20.1 Å². The third-order valence-electron chi connectivity index (χ3n) is 4.91. The standard InChI is InChI=1S/C22H26N2O4/c1-23-20-7-5-4-6-16(20)12-18(22(23)26)15-24(10-11-25)14-17-8-9-19(27-2)13-21(17)28-3/h4-9,12-13,25H,10-11,14-15H2,1-3H3. The van der Waals surface area contributed by atoms with Crippen molar-refractivity contribution < 1.29 is 14.6 Å². The van der Waals surface area contributed by atoms with E-state index in [1.807, 2.05) is 53.4 Å². The Kier molecular flexibility index (Phi) is 6.34. The summed E-state index contributed by atoms with van der Waals surface area (Å²) in [6, 6.07) is 15.4. The van der Waals surface area contributed by atoms with Crippen LogP contribution in [-0.4, -0.2) is 41.9 Å². The molecule has 1 heterocycles. The second kappa shape index (κ2) is 8.91. The summed E-state index contributed by atoms with van der Waals surface area (Å²) in [7, 11) is 5.02. The van der Waals surface area contributed by atoms with E-state index in [0.717, 1.165) is 22.2 Å². The molecule has 2 aromatic carbocycles. The zero-order chi connectivity index (χ0) is 20.1.